The lowest BCUT2D eigenvalue weighted by molar-refractivity contribution is -0.138. The van der Waals surface area contributed by atoms with Crippen LogP contribution in [0.1, 0.15) is 13.3 Å². The van der Waals surface area contributed by atoms with E-state index in [9.17, 15) is 9.59 Å². The molecule has 0 aliphatic heterocycles. The van der Waals surface area contributed by atoms with Crippen LogP contribution in [-0.4, -0.2) is 29.7 Å². The van der Waals surface area contributed by atoms with E-state index in [1.54, 1.807) is 6.92 Å². The highest BCUT2D eigenvalue weighted by Crippen LogP contribution is 1.80. The van der Waals surface area contributed by atoms with Crippen molar-refractivity contribution in [2.75, 3.05) is 6.61 Å². The highest BCUT2D eigenvalue weighted by Gasteiger charge is 2.03. The van der Waals surface area contributed by atoms with Crippen molar-refractivity contribution < 1.29 is 19.5 Å². The van der Waals surface area contributed by atoms with Gasteiger partial charge >= 0.3 is 5.97 Å². The monoisotopic (exact) mass is 159 g/mol. The summed E-state index contributed by atoms with van der Waals surface area (Å²) in [5.74, 6) is -1.75. The van der Waals surface area contributed by atoms with Gasteiger partial charge in [0.15, 0.2) is 5.78 Å². The lowest BCUT2D eigenvalue weighted by Crippen LogP contribution is -2.07. The SMILES string of the molecule is CCON=CC(=O)CC(=O)O. The van der Waals surface area contributed by atoms with E-state index in [1.807, 2.05) is 0 Å². The predicted molar refractivity (Wildman–Crippen MR) is 37.4 cm³/mol. The molecule has 62 valence electrons. The number of carboxylic acid groups (broad SMARTS) is 1. The van der Waals surface area contributed by atoms with Gasteiger partial charge in [0.2, 0.25) is 0 Å². The van der Waals surface area contributed by atoms with E-state index in [1.165, 1.54) is 0 Å². The fraction of sp³-hybridized carbons (Fsp3) is 0.500. The third-order valence-electron chi connectivity index (χ3n) is 0.726. The molecule has 0 saturated carbocycles. The maximum absolute atomic E-state index is 10.5. The first kappa shape index (κ1) is 9.61. The van der Waals surface area contributed by atoms with Gasteiger partial charge in [-0.15, -0.1) is 0 Å². The topological polar surface area (TPSA) is 76.0 Å². The molecule has 0 atom stereocenters. The Kier molecular flexibility index (Phi) is 4.72. The van der Waals surface area contributed by atoms with Gasteiger partial charge in [-0.25, -0.2) is 0 Å². The maximum Gasteiger partial charge on any atom is 0.311 e. The number of rotatable bonds is 5. The summed E-state index contributed by atoms with van der Waals surface area (Å²) in [6.45, 7) is 2.07. The lowest BCUT2D eigenvalue weighted by Gasteiger charge is -1.89. The molecule has 0 bridgehead atoms. The van der Waals surface area contributed by atoms with Crippen molar-refractivity contribution in [1.82, 2.24) is 0 Å². The van der Waals surface area contributed by atoms with Crippen molar-refractivity contribution in [3.8, 4) is 0 Å². The zero-order valence-electron chi connectivity index (χ0n) is 6.11. The Morgan fingerprint density at radius 3 is 2.73 bits per heavy atom. The maximum atomic E-state index is 10.5. The van der Waals surface area contributed by atoms with Gasteiger partial charge in [-0.05, 0) is 6.92 Å². The molecule has 0 heterocycles. The fourth-order valence-electron chi connectivity index (χ4n) is 0.365. The summed E-state index contributed by atoms with van der Waals surface area (Å²) in [4.78, 5) is 24.9. The Morgan fingerprint density at radius 1 is 1.64 bits per heavy atom. The van der Waals surface area contributed by atoms with Crippen LogP contribution in [0.25, 0.3) is 0 Å². The number of Topliss-reactive ketones (excluding diaryl/α,β-unsaturated/α-hetero) is 1. The summed E-state index contributed by atoms with van der Waals surface area (Å²) in [7, 11) is 0. The van der Waals surface area contributed by atoms with E-state index in [-0.39, 0.29) is 0 Å². The minimum absolute atomic E-state index is 0.358. The summed E-state index contributed by atoms with van der Waals surface area (Å²) in [6, 6.07) is 0. The van der Waals surface area contributed by atoms with Gasteiger partial charge < -0.3 is 9.94 Å². The molecule has 0 amide bonds. The van der Waals surface area contributed by atoms with Crippen LogP contribution in [0.4, 0.5) is 0 Å². The van der Waals surface area contributed by atoms with Crippen molar-refractivity contribution in [2.45, 2.75) is 13.3 Å². The second-order valence-corrected chi connectivity index (χ2v) is 1.69. The zero-order chi connectivity index (χ0) is 8.69. The van der Waals surface area contributed by atoms with E-state index in [0.717, 1.165) is 6.21 Å². The average molecular weight is 159 g/mol. The normalized spacial score (nSPS) is 9.91. The van der Waals surface area contributed by atoms with Crippen molar-refractivity contribution in [2.24, 2.45) is 5.16 Å². The third kappa shape index (κ3) is 6.50. The Hall–Kier alpha value is -1.39. The molecule has 5 heteroatoms. The molecular formula is C6H9NO4. The Morgan fingerprint density at radius 2 is 2.27 bits per heavy atom. The summed E-state index contributed by atoms with van der Waals surface area (Å²) >= 11 is 0. The molecule has 5 nitrogen and oxygen atoms in total. The molecule has 11 heavy (non-hydrogen) atoms. The standard InChI is InChI=1S/C6H9NO4/c1-2-11-7-4-5(8)3-6(9)10/h4H,2-3H2,1H3,(H,9,10). The second kappa shape index (κ2) is 5.40. The Labute approximate surface area is 63.6 Å². The smallest absolute Gasteiger partial charge is 0.311 e. The quantitative estimate of drug-likeness (QED) is 0.349. The van der Waals surface area contributed by atoms with Gasteiger partial charge in [0.25, 0.3) is 0 Å². The van der Waals surface area contributed by atoms with Crippen molar-refractivity contribution in [1.29, 1.82) is 0 Å². The van der Waals surface area contributed by atoms with E-state index >= 15 is 0 Å². The number of hydrogen-bond donors (Lipinski definition) is 1. The van der Waals surface area contributed by atoms with E-state index in [2.05, 4.69) is 9.99 Å². The highest BCUT2D eigenvalue weighted by atomic mass is 16.6. The van der Waals surface area contributed by atoms with Crippen molar-refractivity contribution in [3.63, 3.8) is 0 Å². The number of oxime groups is 1. The highest BCUT2D eigenvalue weighted by molar-refractivity contribution is 6.30. The molecule has 0 aliphatic rings. The van der Waals surface area contributed by atoms with Crippen LogP contribution < -0.4 is 0 Å². The fourth-order valence-corrected chi connectivity index (χ4v) is 0.365. The summed E-state index contributed by atoms with van der Waals surface area (Å²) < 4.78 is 0. The van der Waals surface area contributed by atoms with Crippen LogP contribution in [0, 0.1) is 0 Å². The van der Waals surface area contributed by atoms with Gasteiger partial charge in [-0.2, -0.15) is 0 Å². The molecule has 0 aliphatic carbocycles. The number of ketones is 1. The molecule has 0 spiro atoms. The minimum atomic E-state index is -1.17. The van der Waals surface area contributed by atoms with Crippen LogP contribution in [0.5, 0.6) is 0 Å². The van der Waals surface area contributed by atoms with Crippen LogP contribution in [0.2, 0.25) is 0 Å². The van der Waals surface area contributed by atoms with Gasteiger partial charge in [0, 0.05) is 0 Å². The van der Waals surface area contributed by atoms with Crippen molar-refractivity contribution in [3.05, 3.63) is 0 Å². The minimum Gasteiger partial charge on any atom is -0.481 e. The molecular weight excluding hydrogens is 150 g/mol. The van der Waals surface area contributed by atoms with E-state index < -0.39 is 18.2 Å². The van der Waals surface area contributed by atoms with Gasteiger partial charge in [0.1, 0.15) is 19.2 Å². The third-order valence-corrected chi connectivity index (χ3v) is 0.726. The van der Waals surface area contributed by atoms with Crippen LogP contribution in [0.15, 0.2) is 5.16 Å². The van der Waals surface area contributed by atoms with Crippen LogP contribution >= 0.6 is 0 Å². The first-order valence-corrected chi connectivity index (χ1v) is 3.06. The summed E-state index contributed by atoms with van der Waals surface area (Å²) in [5, 5.41) is 11.3. The Balaban J connectivity index is 3.60. The number of nitrogens with zero attached hydrogens (tertiary/aromatic N) is 1. The molecule has 0 aromatic heterocycles. The lowest BCUT2D eigenvalue weighted by atomic mass is 10.3. The summed E-state index contributed by atoms with van der Waals surface area (Å²) in [5.41, 5.74) is 0. The van der Waals surface area contributed by atoms with Gasteiger partial charge in [-0.1, -0.05) is 5.16 Å². The first-order valence-electron chi connectivity index (χ1n) is 3.06. The molecule has 0 saturated heterocycles. The molecule has 0 unspecified atom stereocenters. The predicted octanol–water partition coefficient (Wildman–Crippen LogP) is 0.0525. The zero-order valence-corrected chi connectivity index (χ0v) is 6.11. The second-order valence-electron chi connectivity index (χ2n) is 1.69. The number of aliphatic carboxylic acids is 1. The molecule has 1 N–H and O–H groups in total. The van der Waals surface area contributed by atoms with E-state index in [4.69, 9.17) is 5.11 Å². The number of carbonyl (C=O) groups excluding carboxylic acids is 1. The summed E-state index contributed by atoms with van der Waals surface area (Å²) in [6.07, 6.45) is 0.314. The average Bonchev–Trinajstić information content (AvgIpc) is 1.86. The van der Waals surface area contributed by atoms with Crippen LogP contribution in [-0.2, 0) is 14.4 Å². The molecule has 0 aromatic carbocycles. The van der Waals surface area contributed by atoms with Gasteiger partial charge in [0.05, 0.1) is 0 Å². The first-order chi connectivity index (χ1) is 5.16. The molecule has 0 radical (unpaired) electrons. The van der Waals surface area contributed by atoms with E-state index in [0.29, 0.717) is 6.61 Å². The number of hydrogen-bond acceptors (Lipinski definition) is 4. The molecule has 0 fully saturated rings. The number of carbonyl (C=O) groups is 2. The van der Waals surface area contributed by atoms with Crippen LogP contribution in [0.3, 0.4) is 0 Å². The van der Waals surface area contributed by atoms with Gasteiger partial charge in [-0.3, -0.25) is 9.59 Å². The van der Waals surface area contributed by atoms with Crippen molar-refractivity contribution >= 4 is 18.0 Å². The Bertz CT molecular complexity index is 175. The largest absolute Gasteiger partial charge is 0.481 e. The number of carboxylic acids is 1. The molecule has 0 rings (SSSR count). The molecule has 0 aromatic rings.